The van der Waals surface area contributed by atoms with E-state index in [9.17, 15) is 4.79 Å². The van der Waals surface area contributed by atoms with Crippen LogP contribution in [0.3, 0.4) is 0 Å². The second kappa shape index (κ2) is 6.80. The monoisotopic (exact) mass is 343 g/mol. The molecule has 1 heterocycles. The van der Waals surface area contributed by atoms with E-state index >= 15 is 0 Å². The van der Waals surface area contributed by atoms with Crippen LogP contribution in [-0.4, -0.2) is 16.1 Å². The first-order chi connectivity index (χ1) is 12.7. The van der Waals surface area contributed by atoms with Crippen molar-refractivity contribution in [2.24, 2.45) is 0 Å². The summed E-state index contributed by atoms with van der Waals surface area (Å²) >= 11 is 0. The smallest absolute Gasteiger partial charge is 0.322 e. The quantitative estimate of drug-likeness (QED) is 0.597. The lowest BCUT2D eigenvalue weighted by Gasteiger charge is -2.03. The van der Waals surface area contributed by atoms with E-state index in [0.717, 1.165) is 16.3 Å². The van der Waals surface area contributed by atoms with Gasteiger partial charge in [0.2, 0.25) is 5.89 Å². The number of benzene rings is 3. The topological polar surface area (TPSA) is 68.0 Å². The molecule has 0 radical (unpaired) electrons. The van der Waals surface area contributed by atoms with Crippen molar-refractivity contribution in [3.63, 3.8) is 0 Å². The van der Waals surface area contributed by atoms with Crippen molar-refractivity contribution in [2.45, 2.75) is 13.3 Å². The molecular weight excluding hydrogens is 326 g/mol. The Morgan fingerprint density at radius 2 is 1.73 bits per heavy atom. The van der Waals surface area contributed by atoms with E-state index in [2.05, 4.69) is 15.5 Å². The van der Waals surface area contributed by atoms with Gasteiger partial charge in [0.1, 0.15) is 0 Å². The van der Waals surface area contributed by atoms with Crippen molar-refractivity contribution in [3.8, 4) is 0 Å². The number of aromatic nitrogens is 2. The Bertz CT molecular complexity index is 1070. The van der Waals surface area contributed by atoms with E-state index < -0.39 is 0 Å². The van der Waals surface area contributed by atoms with Crippen LogP contribution in [0.5, 0.6) is 0 Å². The van der Waals surface area contributed by atoms with Gasteiger partial charge in [-0.3, -0.25) is 10.1 Å². The number of anilines is 1. The summed E-state index contributed by atoms with van der Waals surface area (Å²) in [5.41, 5.74) is 2.82. The number of fused-ring (bicyclic) bond motifs is 1. The standard InChI is InChI=1S/C21H17N3O2/c1-14-6-8-15(9-7-14)12-19-23-24-21(26-19)22-20(25)18-11-10-16-4-2-3-5-17(16)13-18/h2-11,13H,12H2,1H3,(H,22,24,25). The summed E-state index contributed by atoms with van der Waals surface area (Å²) in [5, 5.41) is 12.7. The molecule has 4 aromatic rings. The molecule has 0 aliphatic carbocycles. The summed E-state index contributed by atoms with van der Waals surface area (Å²) in [6.07, 6.45) is 0.527. The lowest BCUT2D eigenvalue weighted by Crippen LogP contribution is -2.12. The van der Waals surface area contributed by atoms with Crippen LogP contribution in [0.15, 0.2) is 71.1 Å². The fraction of sp³-hybridized carbons (Fsp3) is 0.0952. The van der Waals surface area contributed by atoms with Gasteiger partial charge in [0.15, 0.2) is 0 Å². The summed E-state index contributed by atoms with van der Waals surface area (Å²) in [6.45, 7) is 2.04. The van der Waals surface area contributed by atoms with Crippen LogP contribution >= 0.6 is 0 Å². The first-order valence-corrected chi connectivity index (χ1v) is 8.35. The van der Waals surface area contributed by atoms with E-state index in [0.29, 0.717) is 17.9 Å². The summed E-state index contributed by atoms with van der Waals surface area (Å²) in [4.78, 5) is 12.4. The summed E-state index contributed by atoms with van der Waals surface area (Å²) in [5.74, 6) is 0.184. The molecule has 1 amide bonds. The number of nitrogens with zero attached hydrogens (tertiary/aromatic N) is 2. The predicted octanol–water partition coefficient (Wildman–Crippen LogP) is 4.37. The molecule has 0 bridgehead atoms. The molecule has 0 atom stereocenters. The molecule has 1 N–H and O–H groups in total. The largest absolute Gasteiger partial charge is 0.407 e. The Hall–Kier alpha value is -3.47. The van der Waals surface area contributed by atoms with E-state index in [1.807, 2.05) is 67.6 Å². The van der Waals surface area contributed by atoms with E-state index in [1.54, 1.807) is 6.07 Å². The highest BCUT2D eigenvalue weighted by Gasteiger charge is 2.12. The highest BCUT2D eigenvalue weighted by atomic mass is 16.4. The highest BCUT2D eigenvalue weighted by molar-refractivity contribution is 6.05. The van der Waals surface area contributed by atoms with Gasteiger partial charge in [0.25, 0.3) is 5.91 Å². The summed E-state index contributed by atoms with van der Waals surface area (Å²) in [7, 11) is 0. The van der Waals surface area contributed by atoms with Crippen LogP contribution in [0.25, 0.3) is 10.8 Å². The maximum Gasteiger partial charge on any atom is 0.322 e. The van der Waals surface area contributed by atoms with Crippen LogP contribution in [-0.2, 0) is 6.42 Å². The SMILES string of the molecule is Cc1ccc(Cc2nnc(NC(=O)c3ccc4ccccc4c3)o2)cc1. The van der Waals surface area contributed by atoms with Crippen molar-refractivity contribution in [1.82, 2.24) is 10.2 Å². The number of carbonyl (C=O) groups is 1. The molecule has 0 aliphatic rings. The molecule has 3 aromatic carbocycles. The summed E-state index contributed by atoms with van der Waals surface area (Å²) in [6, 6.07) is 21.6. The molecule has 1 aromatic heterocycles. The molecule has 26 heavy (non-hydrogen) atoms. The number of aryl methyl sites for hydroxylation is 1. The minimum atomic E-state index is -0.277. The zero-order valence-corrected chi connectivity index (χ0v) is 14.3. The van der Waals surface area contributed by atoms with E-state index in [1.165, 1.54) is 5.56 Å². The number of nitrogens with one attached hydrogen (secondary N) is 1. The first-order valence-electron chi connectivity index (χ1n) is 8.35. The third-order valence-corrected chi connectivity index (χ3v) is 4.17. The lowest BCUT2D eigenvalue weighted by atomic mass is 10.1. The molecule has 0 spiro atoms. The minimum absolute atomic E-state index is 0.102. The van der Waals surface area contributed by atoms with Crippen molar-refractivity contribution in [2.75, 3.05) is 5.32 Å². The Balaban J connectivity index is 1.47. The fourth-order valence-corrected chi connectivity index (χ4v) is 2.76. The highest BCUT2D eigenvalue weighted by Crippen LogP contribution is 2.17. The third-order valence-electron chi connectivity index (χ3n) is 4.17. The third kappa shape index (κ3) is 3.47. The molecule has 5 heteroatoms. The molecule has 4 rings (SSSR count). The van der Waals surface area contributed by atoms with Crippen molar-refractivity contribution in [1.29, 1.82) is 0 Å². The Kier molecular flexibility index (Phi) is 4.19. The lowest BCUT2D eigenvalue weighted by molar-refractivity contribution is 0.102. The number of hydrogen-bond acceptors (Lipinski definition) is 4. The fourth-order valence-electron chi connectivity index (χ4n) is 2.76. The maximum absolute atomic E-state index is 12.4. The molecule has 0 saturated heterocycles. The van der Waals surface area contributed by atoms with Gasteiger partial charge in [0, 0.05) is 5.56 Å². The van der Waals surface area contributed by atoms with Gasteiger partial charge in [-0.15, -0.1) is 5.10 Å². The maximum atomic E-state index is 12.4. The van der Waals surface area contributed by atoms with Crippen molar-refractivity contribution in [3.05, 3.63) is 89.3 Å². The van der Waals surface area contributed by atoms with Crippen LogP contribution in [0.1, 0.15) is 27.4 Å². The first kappa shape index (κ1) is 16.0. The normalized spacial score (nSPS) is 10.8. The second-order valence-electron chi connectivity index (χ2n) is 6.18. The number of hydrogen-bond donors (Lipinski definition) is 1. The van der Waals surface area contributed by atoms with Crippen molar-refractivity contribution >= 4 is 22.7 Å². The van der Waals surface area contributed by atoms with E-state index in [-0.39, 0.29) is 11.9 Å². The summed E-state index contributed by atoms with van der Waals surface area (Å²) < 4.78 is 5.54. The number of carbonyl (C=O) groups excluding carboxylic acids is 1. The zero-order valence-electron chi connectivity index (χ0n) is 14.3. The van der Waals surface area contributed by atoms with Crippen molar-refractivity contribution < 1.29 is 9.21 Å². The van der Waals surface area contributed by atoms with Gasteiger partial charge in [0.05, 0.1) is 6.42 Å². The van der Waals surface area contributed by atoms with Gasteiger partial charge >= 0.3 is 6.01 Å². The molecule has 5 nitrogen and oxygen atoms in total. The van der Waals surface area contributed by atoms with Gasteiger partial charge in [-0.05, 0) is 35.4 Å². The Labute approximate surface area is 150 Å². The average Bonchev–Trinajstić information content (AvgIpc) is 3.10. The van der Waals surface area contributed by atoms with Crippen LogP contribution in [0.4, 0.5) is 6.01 Å². The molecule has 128 valence electrons. The van der Waals surface area contributed by atoms with Gasteiger partial charge in [-0.1, -0.05) is 65.3 Å². The second-order valence-corrected chi connectivity index (χ2v) is 6.18. The molecule has 0 fully saturated rings. The van der Waals surface area contributed by atoms with Crippen LogP contribution < -0.4 is 5.32 Å². The average molecular weight is 343 g/mol. The Morgan fingerprint density at radius 1 is 0.962 bits per heavy atom. The van der Waals surface area contributed by atoms with E-state index in [4.69, 9.17) is 4.42 Å². The molecular formula is C21H17N3O2. The molecule has 0 saturated carbocycles. The van der Waals surface area contributed by atoms with Gasteiger partial charge in [-0.2, -0.15) is 0 Å². The van der Waals surface area contributed by atoms with Crippen LogP contribution in [0, 0.1) is 6.92 Å². The molecule has 0 unspecified atom stereocenters. The minimum Gasteiger partial charge on any atom is -0.407 e. The predicted molar refractivity (Wildman–Crippen MR) is 100 cm³/mol. The van der Waals surface area contributed by atoms with Gasteiger partial charge in [-0.25, -0.2) is 0 Å². The zero-order chi connectivity index (χ0) is 17.9. The molecule has 0 aliphatic heterocycles. The van der Waals surface area contributed by atoms with Gasteiger partial charge < -0.3 is 4.42 Å². The number of rotatable bonds is 4. The van der Waals surface area contributed by atoms with Crippen LogP contribution in [0.2, 0.25) is 0 Å². The Morgan fingerprint density at radius 3 is 2.54 bits per heavy atom. The number of amides is 1.